The van der Waals surface area contributed by atoms with Crippen molar-refractivity contribution in [3.63, 3.8) is 0 Å². The van der Waals surface area contributed by atoms with Gasteiger partial charge in [0.15, 0.2) is 0 Å². The van der Waals surface area contributed by atoms with Crippen LogP contribution in [0.2, 0.25) is 0 Å². The molecule has 0 heterocycles. The predicted octanol–water partition coefficient (Wildman–Crippen LogP) is 0.558. The second-order valence-corrected chi connectivity index (χ2v) is 4.28. The number of carboxylic acid groups (broad SMARTS) is 2. The first-order valence-electron chi connectivity index (χ1n) is 6.86. The molecule has 0 fully saturated rings. The molecule has 0 aliphatic carbocycles. The molecule has 8 nitrogen and oxygen atoms in total. The maximum Gasteiger partial charge on any atom is 0.332 e. The highest BCUT2D eigenvalue weighted by Gasteiger charge is 2.19. The number of carboxylic acids is 2. The van der Waals surface area contributed by atoms with Crippen molar-refractivity contribution in [3.05, 3.63) is 11.1 Å². The van der Waals surface area contributed by atoms with Crippen LogP contribution in [0.5, 0.6) is 0 Å². The van der Waals surface area contributed by atoms with E-state index in [9.17, 15) is 19.8 Å². The lowest BCUT2D eigenvalue weighted by Crippen LogP contribution is -2.16. The number of hydrogen-bond donors (Lipinski definition) is 2. The van der Waals surface area contributed by atoms with Crippen molar-refractivity contribution in [1.82, 2.24) is 0 Å². The summed E-state index contributed by atoms with van der Waals surface area (Å²) in [6.45, 7) is 1.67. The van der Waals surface area contributed by atoms with Crippen molar-refractivity contribution in [2.24, 2.45) is 0 Å². The van der Waals surface area contributed by atoms with Crippen molar-refractivity contribution in [2.45, 2.75) is 12.8 Å². The molecule has 0 aromatic rings. The Morgan fingerprint density at radius 2 is 1.05 bits per heavy atom. The summed E-state index contributed by atoms with van der Waals surface area (Å²) < 4.78 is 19.9. The first kappa shape index (κ1) is 20.5. The van der Waals surface area contributed by atoms with Gasteiger partial charge in [-0.05, 0) is 0 Å². The van der Waals surface area contributed by atoms with Crippen molar-refractivity contribution >= 4 is 11.9 Å². The van der Waals surface area contributed by atoms with Gasteiger partial charge in [-0.2, -0.15) is 0 Å². The summed E-state index contributed by atoms with van der Waals surface area (Å²) in [6.07, 6.45) is 0.0253. The largest absolute Gasteiger partial charge is 0.478 e. The molecule has 0 rings (SSSR count). The number of rotatable bonds is 14. The fraction of sp³-hybridized carbons (Fsp3) is 0.714. The lowest BCUT2D eigenvalue weighted by atomic mass is 10.0. The predicted molar refractivity (Wildman–Crippen MR) is 76.9 cm³/mol. The van der Waals surface area contributed by atoms with Crippen LogP contribution in [-0.4, -0.2) is 76.0 Å². The summed E-state index contributed by atoms with van der Waals surface area (Å²) >= 11 is 0. The number of methoxy groups -OCH3 is 2. The van der Waals surface area contributed by atoms with Crippen LogP contribution in [0.3, 0.4) is 0 Å². The van der Waals surface area contributed by atoms with E-state index in [-0.39, 0.29) is 37.2 Å². The van der Waals surface area contributed by atoms with Gasteiger partial charge >= 0.3 is 11.9 Å². The van der Waals surface area contributed by atoms with E-state index in [1.54, 1.807) is 0 Å². The average Bonchev–Trinajstić information content (AvgIpc) is 2.47. The Labute approximate surface area is 129 Å². The summed E-state index contributed by atoms with van der Waals surface area (Å²) in [5, 5.41) is 18.3. The van der Waals surface area contributed by atoms with Crippen molar-refractivity contribution in [1.29, 1.82) is 0 Å². The van der Waals surface area contributed by atoms with Gasteiger partial charge in [-0.25, -0.2) is 9.59 Å². The number of hydrogen-bond acceptors (Lipinski definition) is 6. The molecule has 0 aliphatic rings. The zero-order valence-corrected chi connectivity index (χ0v) is 13.0. The van der Waals surface area contributed by atoms with Gasteiger partial charge in [-0.3, -0.25) is 0 Å². The minimum absolute atomic E-state index is 0.0127. The lowest BCUT2D eigenvalue weighted by molar-refractivity contribution is -0.136. The summed E-state index contributed by atoms with van der Waals surface area (Å²) in [6, 6.07) is 0. The van der Waals surface area contributed by atoms with Gasteiger partial charge in [0.1, 0.15) is 0 Å². The van der Waals surface area contributed by atoms with Gasteiger partial charge in [-0.1, -0.05) is 0 Å². The van der Waals surface area contributed by atoms with E-state index in [2.05, 4.69) is 0 Å². The van der Waals surface area contributed by atoms with E-state index in [4.69, 9.17) is 18.9 Å². The lowest BCUT2D eigenvalue weighted by Gasteiger charge is -2.10. The molecule has 0 bridgehead atoms. The molecule has 0 amide bonds. The molecular weight excluding hydrogens is 296 g/mol. The average molecular weight is 320 g/mol. The van der Waals surface area contributed by atoms with Crippen LogP contribution in [0.15, 0.2) is 11.1 Å². The monoisotopic (exact) mass is 320 g/mol. The van der Waals surface area contributed by atoms with E-state index < -0.39 is 11.9 Å². The van der Waals surface area contributed by atoms with E-state index >= 15 is 0 Å². The Morgan fingerprint density at radius 1 is 0.682 bits per heavy atom. The van der Waals surface area contributed by atoms with E-state index in [0.717, 1.165) is 0 Å². The first-order valence-corrected chi connectivity index (χ1v) is 6.86. The van der Waals surface area contributed by atoms with Crippen molar-refractivity contribution in [2.75, 3.05) is 53.9 Å². The summed E-state index contributed by atoms with van der Waals surface area (Å²) in [5.41, 5.74) is -0.333. The second kappa shape index (κ2) is 13.2. The summed E-state index contributed by atoms with van der Waals surface area (Å²) in [7, 11) is 3.05. The van der Waals surface area contributed by atoms with Gasteiger partial charge in [0.25, 0.3) is 0 Å². The fourth-order valence-corrected chi connectivity index (χ4v) is 1.61. The maximum absolute atomic E-state index is 11.2. The van der Waals surface area contributed by atoms with E-state index in [1.807, 2.05) is 0 Å². The van der Waals surface area contributed by atoms with Crippen molar-refractivity contribution in [3.8, 4) is 0 Å². The molecule has 0 aromatic heterocycles. The molecular formula is C14H24O8. The molecule has 0 atom stereocenters. The summed E-state index contributed by atoms with van der Waals surface area (Å²) in [5.74, 6) is -2.52. The van der Waals surface area contributed by atoms with Crippen LogP contribution in [0, 0.1) is 0 Å². The Morgan fingerprint density at radius 3 is 1.32 bits per heavy atom. The van der Waals surface area contributed by atoms with Crippen LogP contribution in [0.25, 0.3) is 0 Å². The van der Waals surface area contributed by atoms with Crippen LogP contribution in [0.4, 0.5) is 0 Å². The third kappa shape index (κ3) is 9.46. The van der Waals surface area contributed by atoms with E-state index in [0.29, 0.717) is 26.4 Å². The van der Waals surface area contributed by atoms with Gasteiger partial charge < -0.3 is 29.2 Å². The third-order valence-corrected chi connectivity index (χ3v) is 2.74. The number of carbonyl (C=O) groups is 2. The summed E-state index contributed by atoms with van der Waals surface area (Å²) in [4.78, 5) is 22.5. The molecule has 0 saturated heterocycles. The van der Waals surface area contributed by atoms with Crippen LogP contribution in [0.1, 0.15) is 12.8 Å². The minimum Gasteiger partial charge on any atom is -0.478 e. The molecule has 128 valence electrons. The highest BCUT2D eigenvalue weighted by molar-refractivity contribution is 5.98. The molecule has 0 unspecified atom stereocenters. The third-order valence-electron chi connectivity index (χ3n) is 2.74. The maximum atomic E-state index is 11.2. The zero-order chi connectivity index (χ0) is 16.8. The zero-order valence-electron chi connectivity index (χ0n) is 13.0. The quantitative estimate of drug-likeness (QED) is 0.353. The Balaban J connectivity index is 4.55. The first-order chi connectivity index (χ1) is 10.5. The highest BCUT2D eigenvalue weighted by atomic mass is 16.5. The number of aliphatic carboxylic acids is 2. The smallest absolute Gasteiger partial charge is 0.332 e. The van der Waals surface area contributed by atoms with Crippen LogP contribution < -0.4 is 0 Å². The number of ether oxygens (including phenoxy) is 4. The Bertz CT molecular complexity index is 330. The van der Waals surface area contributed by atoms with Crippen LogP contribution >= 0.6 is 0 Å². The molecule has 0 aromatic carbocycles. The molecule has 0 saturated carbocycles. The van der Waals surface area contributed by atoms with Gasteiger partial charge in [0.2, 0.25) is 0 Å². The van der Waals surface area contributed by atoms with Gasteiger partial charge in [-0.15, -0.1) is 0 Å². The van der Waals surface area contributed by atoms with Gasteiger partial charge in [0.05, 0.1) is 39.6 Å². The molecule has 0 radical (unpaired) electrons. The SMILES string of the molecule is COCCOCCC(C(=O)O)=C(CCOCCOC)C(=O)O. The second-order valence-electron chi connectivity index (χ2n) is 4.28. The van der Waals surface area contributed by atoms with E-state index in [1.165, 1.54) is 14.2 Å². The Hall–Kier alpha value is -1.48. The standard InChI is InChI=1S/C14H24O8/c1-19-7-9-21-5-3-11(13(15)16)12(14(17)18)4-6-22-10-8-20-2/h3-10H2,1-2H3,(H,15,16)(H,17,18). The molecule has 2 N–H and O–H groups in total. The molecule has 8 heteroatoms. The molecule has 0 aliphatic heterocycles. The normalized spacial score (nSPS) is 12.1. The van der Waals surface area contributed by atoms with Gasteiger partial charge in [0, 0.05) is 38.2 Å². The molecule has 0 spiro atoms. The highest BCUT2D eigenvalue weighted by Crippen LogP contribution is 2.14. The molecule has 22 heavy (non-hydrogen) atoms. The fourth-order valence-electron chi connectivity index (χ4n) is 1.61. The minimum atomic E-state index is -1.26. The topological polar surface area (TPSA) is 112 Å². The van der Waals surface area contributed by atoms with Crippen LogP contribution in [-0.2, 0) is 28.5 Å². The Kier molecular flexibility index (Phi) is 12.3. The van der Waals surface area contributed by atoms with Crippen molar-refractivity contribution < 1.29 is 38.7 Å².